The van der Waals surface area contributed by atoms with E-state index >= 15 is 0 Å². The normalized spacial score (nSPS) is 19.5. The first-order valence-electron chi connectivity index (χ1n) is 8.05. The fourth-order valence-electron chi connectivity index (χ4n) is 4.03. The quantitative estimate of drug-likeness (QED) is 0.878. The van der Waals surface area contributed by atoms with Gasteiger partial charge in [-0.15, -0.1) is 0 Å². The van der Waals surface area contributed by atoms with Gasteiger partial charge in [-0.1, -0.05) is 50.5 Å². The molecule has 1 fully saturated rings. The zero-order valence-corrected chi connectivity index (χ0v) is 13.4. The standard InChI is InChI=1S/C18H29NO/c1-5-19(6-2)18(11-7-8-12-18)17(20)16-10-9-14(3)13-15(16)4/h9-10,13,17,20H,5-8,11-12H2,1-4H3. The number of aliphatic hydroxyl groups is 1. The van der Waals surface area contributed by atoms with Crippen LogP contribution >= 0.6 is 0 Å². The summed E-state index contributed by atoms with van der Waals surface area (Å²) in [6.07, 6.45) is 4.33. The van der Waals surface area contributed by atoms with Crippen molar-refractivity contribution in [1.29, 1.82) is 0 Å². The van der Waals surface area contributed by atoms with Gasteiger partial charge in [0.1, 0.15) is 0 Å². The molecule has 0 aliphatic heterocycles. The molecule has 2 heteroatoms. The van der Waals surface area contributed by atoms with Crippen LogP contribution in [-0.4, -0.2) is 28.6 Å². The predicted octanol–water partition coefficient (Wildman–Crippen LogP) is 3.99. The average Bonchev–Trinajstić information content (AvgIpc) is 2.90. The summed E-state index contributed by atoms with van der Waals surface area (Å²) in [5.74, 6) is 0. The molecule has 1 aromatic rings. The number of likely N-dealkylation sites (N-methyl/N-ethyl adjacent to an activating group) is 1. The van der Waals surface area contributed by atoms with Gasteiger partial charge in [0, 0.05) is 0 Å². The van der Waals surface area contributed by atoms with Gasteiger partial charge in [0.15, 0.2) is 0 Å². The molecule has 0 saturated heterocycles. The summed E-state index contributed by atoms with van der Waals surface area (Å²) >= 11 is 0. The highest BCUT2D eigenvalue weighted by Crippen LogP contribution is 2.45. The lowest BCUT2D eigenvalue weighted by Crippen LogP contribution is -2.51. The molecule has 0 aromatic heterocycles. The molecule has 1 aliphatic rings. The average molecular weight is 275 g/mol. The van der Waals surface area contributed by atoms with Gasteiger partial charge in [0.2, 0.25) is 0 Å². The number of hydrogen-bond donors (Lipinski definition) is 1. The molecule has 0 radical (unpaired) electrons. The van der Waals surface area contributed by atoms with Crippen LogP contribution in [0, 0.1) is 13.8 Å². The number of benzene rings is 1. The Bertz CT molecular complexity index is 445. The van der Waals surface area contributed by atoms with Crippen LogP contribution in [0.5, 0.6) is 0 Å². The van der Waals surface area contributed by atoms with Crippen molar-refractivity contribution in [2.75, 3.05) is 13.1 Å². The largest absolute Gasteiger partial charge is 0.386 e. The molecule has 0 spiro atoms. The molecule has 20 heavy (non-hydrogen) atoms. The topological polar surface area (TPSA) is 23.5 Å². The maximum absolute atomic E-state index is 11.1. The van der Waals surface area contributed by atoms with E-state index in [1.165, 1.54) is 24.0 Å². The molecule has 0 heterocycles. The van der Waals surface area contributed by atoms with E-state index in [0.29, 0.717) is 0 Å². The molecule has 2 nitrogen and oxygen atoms in total. The highest BCUT2D eigenvalue weighted by atomic mass is 16.3. The summed E-state index contributed by atoms with van der Waals surface area (Å²) in [4.78, 5) is 2.48. The van der Waals surface area contributed by atoms with E-state index < -0.39 is 0 Å². The minimum Gasteiger partial charge on any atom is -0.386 e. The number of aryl methyl sites for hydroxylation is 2. The Morgan fingerprint density at radius 3 is 2.25 bits per heavy atom. The molecule has 0 amide bonds. The van der Waals surface area contributed by atoms with E-state index in [1.807, 2.05) is 0 Å². The van der Waals surface area contributed by atoms with Crippen molar-refractivity contribution in [2.24, 2.45) is 0 Å². The second kappa shape index (κ2) is 6.28. The van der Waals surface area contributed by atoms with Crippen LogP contribution in [0.25, 0.3) is 0 Å². The van der Waals surface area contributed by atoms with Gasteiger partial charge in [0.05, 0.1) is 11.6 Å². The van der Waals surface area contributed by atoms with Gasteiger partial charge >= 0.3 is 0 Å². The van der Waals surface area contributed by atoms with E-state index in [2.05, 4.69) is 50.8 Å². The Kier molecular flexibility index (Phi) is 4.87. The van der Waals surface area contributed by atoms with Crippen LogP contribution < -0.4 is 0 Å². The van der Waals surface area contributed by atoms with Crippen molar-refractivity contribution in [3.05, 3.63) is 34.9 Å². The van der Waals surface area contributed by atoms with Gasteiger partial charge in [-0.25, -0.2) is 0 Å². The Labute approximate surface area is 123 Å². The lowest BCUT2D eigenvalue weighted by Gasteiger charge is -2.44. The maximum atomic E-state index is 11.1. The number of nitrogens with zero attached hydrogens (tertiary/aromatic N) is 1. The first kappa shape index (κ1) is 15.5. The summed E-state index contributed by atoms with van der Waals surface area (Å²) in [5.41, 5.74) is 3.55. The first-order valence-corrected chi connectivity index (χ1v) is 8.05. The minimum absolute atomic E-state index is 0.0521. The van der Waals surface area contributed by atoms with Gasteiger partial charge in [0.25, 0.3) is 0 Å². The second-order valence-electron chi connectivity index (χ2n) is 6.25. The van der Waals surface area contributed by atoms with Crippen LogP contribution in [0.15, 0.2) is 18.2 Å². The second-order valence-corrected chi connectivity index (χ2v) is 6.25. The summed E-state index contributed by atoms with van der Waals surface area (Å²) in [6.45, 7) is 10.7. The van der Waals surface area contributed by atoms with Crippen LogP contribution in [0.2, 0.25) is 0 Å². The SMILES string of the molecule is CCN(CC)C1(C(O)c2ccc(C)cc2C)CCCC1. The van der Waals surface area contributed by atoms with Crippen molar-refractivity contribution in [3.63, 3.8) is 0 Å². The van der Waals surface area contributed by atoms with Crippen LogP contribution in [-0.2, 0) is 0 Å². The van der Waals surface area contributed by atoms with Gasteiger partial charge in [-0.3, -0.25) is 4.90 Å². The molecule has 112 valence electrons. The van der Waals surface area contributed by atoms with Crippen LogP contribution in [0.4, 0.5) is 0 Å². The summed E-state index contributed by atoms with van der Waals surface area (Å²) < 4.78 is 0. The molecule has 1 aliphatic carbocycles. The molecule has 1 N–H and O–H groups in total. The smallest absolute Gasteiger partial charge is 0.0976 e. The fourth-order valence-corrected chi connectivity index (χ4v) is 4.03. The van der Waals surface area contributed by atoms with E-state index in [9.17, 15) is 5.11 Å². The number of hydrogen-bond acceptors (Lipinski definition) is 2. The zero-order valence-electron chi connectivity index (χ0n) is 13.4. The van der Waals surface area contributed by atoms with Crippen molar-refractivity contribution in [2.45, 2.75) is 65.0 Å². The third kappa shape index (κ3) is 2.64. The monoisotopic (exact) mass is 275 g/mol. The molecule has 1 aromatic carbocycles. The maximum Gasteiger partial charge on any atom is 0.0976 e. The van der Waals surface area contributed by atoms with Gasteiger partial charge < -0.3 is 5.11 Å². The lowest BCUT2D eigenvalue weighted by molar-refractivity contribution is -0.0271. The Balaban J connectivity index is 2.38. The van der Waals surface area contributed by atoms with Crippen LogP contribution in [0.1, 0.15) is 62.3 Å². The highest BCUT2D eigenvalue weighted by molar-refractivity contribution is 5.34. The number of rotatable bonds is 5. The minimum atomic E-state index is -0.370. The van der Waals surface area contributed by atoms with Crippen LogP contribution in [0.3, 0.4) is 0 Å². The highest BCUT2D eigenvalue weighted by Gasteiger charge is 2.45. The van der Waals surface area contributed by atoms with Crippen molar-refractivity contribution in [1.82, 2.24) is 4.90 Å². The van der Waals surface area contributed by atoms with Crippen molar-refractivity contribution >= 4 is 0 Å². The molecule has 0 bridgehead atoms. The molecule has 1 atom stereocenters. The van der Waals surface area contributed by atoms with E-state index in [-0.39, 0.29) is 11.6 Å². The fraction of sp³-hybridized carbons (Fsp3) is 0.667. The summed E-state index contributed by atoms with van der Waals surface area (Å²) in [6, 6.07) is 6.43. The molecule has 1 unspecified atom stereocenters. The van der Waals surface area contributed by atoms with Crippen molar-refractivity contribution in [3.8, 4) is 0 Å². The van der Waals surface area contributed by atoms with E-state index in [0.717, 1.165) is 31.5 Å². The number of aliphatic hydroxyl groups excluding tert-OH is 1. The third-order valence-corrected chi connectivity index (χ3v) is 5.09. The zero-order chi connectivity index (χ0) is 14.8. The molecule has 1 saturated carbocycles. The Morgan fingerprint density at radius 1 is 1.15 bits per heavy atom. The summed E-state index contributed by atoms with van der Waals surface area (Å²) in [7, 11) is 0. The van der Waals surface area contributed by atoms with Gasteiger partial charge in [-0.2, -0.15) is 0 Å². The molecule has 2 rings (SSSR count). The molecular formula is C18H29NO. The predicted molar refractivity (Wildman–Crippen MR) is 85.0 cm³/mol. The van der Waals surface area contributed by atoms with E-state index in [4.69, 9.17) is 0 Å². The summed E-state index contributed by atoms with van der Waals surface area (Å²) in [5, 5.41) is 11.1. The van der Waals surface area contributed by atoms with E-state index in [1.54, 1.807) is 0 Å². The third-order valence-electron chi connectivity index (χ3n) is 5.09. The Hall–Kier alpha value is -0.860. The lowest BCUT2D eigenvalue weighted by atomic mass is 9.82. The Morgan fingerprint density at radius 2 is 1.75 bits per heavy atom. The van der Waals surface area contributed by atoms with Crippen molar-refractivity contribution < 1.29 is 5.11 Å². The van der Waals surface area contributed by atoms with Gasteiger partial charge in [-0.05, 0) is 50.9 Å². The first-order chi connectivity index (χ1) is 9.55. The molecular weight excluding hydrogens is 246 g/mol.